The summed E-state index contributed by atoms with van der Waals surface area (Å²) in [5.74, 6) is -2.02. The molecule has 3 aromatic rings. The summed E-state index contributed by atoms with van der Waals surface area (Å²) in [5, 5.41) is 21.9. The summed E-state index contributed by atoms with van der Waals surface area (Å²) >= 11 is 18.4. The number of aliphatic hydroxyl groups is 1. The van der Waals surface area contributed by atoms with Gasteiger partial charge in [0.1, 0.15) is 23.0 Å². The molecule has 1 heterocycles. The van der Waals surface area contributed by atoms with Crippen LogP contribution in [0.3, 0.4) is 0 Å². The molecule has 1 fully saturated rings. The summed E-state index contributed by atoms with van der Waals surface area (Å²) < 4.78 is 10.6. The number of amides is 1. The molecular formula is C25H18Cl3NO6. The van der Waals surface area contributed by atoms with Crippen LogP contribution in [0.15, 0.2) is 60.2 Å². The molecule has 0 aliphatic carbocycles. The van der Waals surface area contributed by atoms with E-state index in [2.05, 4.69) is 0 Å². The van der Waals surface area contributed by atoms with Crippen molar-refractivity contribution in [2.75, 3.05) is 19.1 Å². The molecule has 0 bridgehead atoms. The van der Waals surface area contributed by atoms with Crippen LogP contribution in [0.1, 0.15) is 17.2 Å². The van der Waals surface area contributed by atoms with Gasteiger partial charge in [0.05, 0.1) is 41.4 Å². The average Bonchev–Trinajstić information content (AvgIpc) is 3.11. The second-order valence-corrected chi connectivity index (χ2v) is 8.79. The van der Waals surface area contributed by atoms with Crippen LogP contribution >= 0.6 is 34.8 Å². The lowest BCUT2D eigenvalue weighted by molar-refractivity contribution is -0.132. The number of phenolic OH excluding ortho intramolecular Hbond substituents is 1. The first-order valence-electron chi connectivity index (χ1n) is 10.1. The molecule has 0 radical (unpaired) electrons. The minimum atomic E-state index is -1.08. The van der Waals surface area contributed by atoms with Crippen LogP contribution in [0.4, 0.5) is 5.69 Å². The number of ketones is 1. The number of nitrogens with zero attached hydrogens (tertiary/aromatic N) is 1. The maximum atomic E-state index is 13.3. The number of phenols is 1. The summed E-state index contributed by atoms with van der Waals surface area (Å²) in [6.07, 6.45) is 0. The Balaban J connectivity index is 2.00. The van der Waals surface area contributed by atoms with E-state index in [1.54, 1.807) is 24.3 Å². The molecule has 1 atom stereocenters. The van der Waals surface area contributed by atoms with Crippen molar-refractivity contribution in [3.63, 3.8) is 0 Å². The predicted molar refractivity (Wildman–Crippen MR) is 134 cm³/mol. The van der Waals surface area contributed by atoms with E-state index in [9.17, 15) is 19.8 Å². The van der Waals surface area contributed by atoms with Crippen LogP contribution in [0, 0.1) is 0 Å². The number of aliphatic hydroxyl groups excluding tert-OH is 1. The Kier molecular flexibility index (Phi) is 6.85. The van der Waals surface area contributed by atoms with Gasteiger partial charge in [-0.25, -0.2) is 0 Å². The van der Waals surface area contributed by atoms with E-state index in [0.717, 1.165) is 0 Å². The largest absolute Gasteiger partial charge is 0.507 e. The monoisotopic (exact) mass is 533 g/mol. The number of halogens is 3. The number of methoxy groups -OCH3 is 2. The molecule has 1 unspecified atom stereocenters. The van der Waals surface area contributed by atoms with E-state index in [0.29, 0.717) is 22.0 Å². The van der Waals surface area contributed by atoms with Crippen LogP contribution in [0.5, 0.6) is 17.2 Å². The molecule has 1 aliphatic rings. The van der Waals surface area contributed by atoms with E-state index >= 15 is 0 Å². The van der Waals surface area contributed by atoms with Crippen molar-refractivity contribution in [2.45, 2.75) is 6.04 Å². The normalized spacial score (nSPS) is 17.1. The highest BCUT2D eigenvalue weighted by atomic mass is 35.5. The second kappa shape index (κ2) is 9.70. The number of Topliss-reactive ketones (excluding diaryl/α,β-unsaturated/α-hetero) is 1. The lowest BCUT2D eigenvalue weighted by Gasteiger charge is -2.26. The van der Waals surface area contributed by atoms with Crippen molar-refractivity contribution in [1.82, 2.24) is 0 Å². The van der Waals surface area contributed by atoms with Gasteiger partial charge in [0.15, 0.2) is 0 Å². The van der Waals surface area contributed by atoms with E-state index in [4.69, 9.17) is 44.3 Å². The summed E-state index contributed by atoms with van der Waals surface area (Å²) in [5.41, 5.74) is 0.611. The number of anilines is 1. The Morgan fingerprint density at radius 1 is 0.886 bits per heavy atom. The number of aromatic hydroxyl groups is 1. The Morgan fingerprint density at radius 2 is 1.54 bits per heavy atom. The zero-order valence-electron chi connectivity index (χ0n) is 18.4. The van der Waals surface area contributed by atoms with Crippen LogP contribution < -0.4 is 14.4 Å². The Morgan fingerprint density at radius 3 is 2.14 bits per heavy atom. The van der Waals surface area contributed by atoms with Crippen molar-refractivity contribution in [3.05, 3.63) is 86.4 Å². The van der Waals surface area contributed by atoms with Gasteiger partial charge in [-0.2, -0.15) is 0 Å². The average molecular weight is 535 g/mol. The SMILES string of the molecule is COc1cc(OC)c(/C(O)=C2\C(=O)C(=O)N(c3ccc(Cl)cc3)C2c2ccc(O)c(Cl)c2)cc1Cl. The highest BCUT2D eigenvalue weighted by Crippen LogP contribution is 2.45. The highest BCUT2D eigenvalue weighted by Gasteiger charge is 2.47. The molecule has 180 valence electrons. The molecule has 1 saturated heterocycles. The molecule has 0 aromatic heterocycles. The van der Waals surface area contributed by atoms with Gasteiger partial charge in [0, 0.05) is 16.8 Å². The fourth-order valence-corrected chi connectivity index (χ4v) is 4.46. The fraction of sp³-hybridized carbons (Fsp3) is 0.120. The maximum absolute atomic E-state index is 13.3. The quantitative estimate of drug-likeness (QED) is 0.237. The lowest BCUT2D eigenvalue weighted by Crippen LogP contribution is -2.29. The van der Waals surface area contributed by atoms with Crippen LogP contribution in [-0.4, -0.2) is 36.1 Å². The van der Waals surface area contributed by atoms with Gasteiger partial charge >= 0.3 is 0 Å². The van der Waals surface area contributed by atoms with Crippen molar-refractivity contribution >= 4 is 57.9 Å². The molecule has 0 spiro atoms. The standard InChI is InChI=1S/C25H18Cl3NO6/c1-34-19-11-20(35-2)17(28)10-15(19)23(31)21-22(12-3-8-18(30)16(27)9-12)29(25(33)24(21)32)14-6-4-13(26)5-7-14/h3-11,22,30-31H,1-2H3/b23-21+. The summed E-state index contributed by atoms with van der Waals surface area (Å²) in [6.45, 7) is 0. The minimum absolute atomic E-state index is 0.00858. The molecule has 4 rings (SSSR count). The Labute approximate surface area is 215 Å². The van der Waals surface area contributed by atoms with E-state index < -0.39 is 23.5 Å². The highest BCUT2D eigenvalue weighted by molar-refractivity contribution is 6.52. The molecular weight excluding hydrogens is 517 g/mol. The van der Waals surface area contributed by atoms with E-state index in [1.807, 2.05) is 0 Å². The van der Waals surface area contributed by atoms with E-state index in [1.165, 1.54) is 49.5 Å². The molecule has 1 aliphatic heterocycles. The molecule has 10 heteroatoms. The predicted octanol–water partition coefficient (Wildman–Crippen LogP) is 6.00. The molecule has 3 aromatic carbocycles. The lowest BCUT2D eigenvalue weighted by atomic mass is 9.94. The third-order valence-corrected chi connectivity index (χ3v) is 6.42. The number of carbonyl (C=O) groups excluding carboxylic acids is 2. The Hall–Kier alpha value is -3.39. The zero-order chi connectivity index (χ0) is 25.4. The smallest absolute Gasteiger partial charge is 0.300 e. The van der Waals surface area contributed by atoms with Gasteiger partial charge in [-0.1, -0.05) is 40.9 Å². The number of hydrogen-bond acceptors (Lipinski definition) is 6. The first kappa shape index (κ1) is 24.7. The van der Waals surface area contributed by atoms with Gasteiger partial charge in [-0.3, -0.25) is 14.5 Å². The van der Waals surface area contributed by atoms with Crippen molar-refractivity contribution in [1.29, 1.82) is 0 Å². The fourth-order valence-electron chi connectivity index (χ4n) is 3.90. The number of rotatable bonds is 5. The summed E-state index contributed by atoms with van der Waals surface area (Å²) in [7, 11) is 2.80. The van der Waals surface area contributed by atoms with Gasteiger partial charge in [0.25, 0.3) is 11.7 Å². The number of carbonyl (C=O) groups is 2. The molecule has 35 heavy (non-hydrogen) atoms. The first-order valence-corrected chi connectivity index (χ1v) is 11.3. The van der Waals surface area contributed by atoms with Gasteiger partial charge in [-0.05, 0) is 48.0 Å². The molecule has 2 N–H and O–H groups in total. The van der Waals surface area contributed by atoms with Gasteiger partial charge < -0.3 is 19.7 Å². The van der Waals surface area contributed by atoms with Crippen molar-refractivity contribution < 1.29 is 29.3 Å². The minimum Gasteiger partial charge on any atom is -0.507 e. The Bertz CT molecular complexity index is 1370. The molecule has 1 amide bonds. The van der Waals surface area contributed by atoms with Gasteiger partial charge in [0.2, 0.25) is 0 Å². The topological polar surface area (TPSA) is 96.3 Å². The molecule has 0 saturated carbocycles. The second-order valence-electron chi connectivity index (χ2n) is 7.54. The first-order chi connectivity index (χ1) is 16.7. The van der Waals surface area contributed by atoms with Crippen LogP contribution in [-0.2, 0) is 9.59 Å². The maximum Gasteiger partial charge on any atom is 0.300 e. The molecule has 7 nitrogen and oxygen atoms in total. The summed E-state index contributed by atoms with van der Waals surface area (Å²) in [4.78, 5) is 27.8. The van der Waals surface area contributed by atoms with Gasteiger partial charge in [-0.15, -0.1) is 0 Å². The zero-order valence-corrected chi connectivity index (χ0v) is 20.6. The van der Waals surface area contributed by atoms with Crippen LogP contribution in [0.2, 0.25) is 15.1 Å². The van der Waals surface area contributed by atoms with Crippen molar-refractivity contribution in [2.24, 2.45) is 0 Å². The van der Waals surface area contributed by atoms with Crippen LogP contribution in [0.25, 0.3) is 5.76 Å². The van der Waals surface area contributed by atoms with E-state index in [-0.39, 0.29) is 32.7 Å². The van der Waals surface area contributed by atoms with Crippen molar-refractivity contribution in [3.8, 4) is 17.2 Å². The number of benzene rings is 3. The third kappa shape index (κ3) is 4.38. The number of hydrogen-bond donors (Lipinski definition) is 2. The summed E-state index contributed by atoms with van der Waals surface area (Å²) in [6, 6.07) is 12.3. The third-order valence-electron chi connectivity index (χ3n) is 5.57. The number of ether oxygens (including phenoxy) is 2.